The van der Waals surface area contributed by atoms with Crippen LogP contribution in [0.5, 0.6) is 0 Å². The van der Waals surface area contributed by atoms with E-state index in [1.807, 2.05) is 24.3 Å². The van der Waals surface area contributed by atoms with Gasteiger partial charge in [-0.05, 0) is 23.1 Å². The van der Waals surface area contributed by atoms with Crippen molar-refractivity contribution in [2.75, 3.05) is 0 Å². The molecule has 0 aromatic rings. The lowest BCUT2D eigenvalue weighted by Crippen LogP contribution is -2.07. The number of hydrogen-bond donors (Lipinski definition) is 1. The van der Waals surface area contributed by atoms with Crippen LogP contribution in [-0.2, 0) is 0 Å². The summed E-state index contributed by atoms with van der Waals surface area (Å²) in [7, 11) is 0. The van der Waals surface area contributed by atoms with E-state index in [2.05, 4.69) is 39.8 Å². The molecule has 1 rings (SSSR count). The Balaban J connectivity index is 3.09. The van der Waals surface area contributed by atoms with E-state index >= 15 is 0 Å². The highest BCUT2D eigenvalue weighted by Crippen LogP contribution is 2.24. The van der Waals surface area contributed by atoms with E-state index in [1.165, 1.54) is 0 Å². The highest BCUT2D eigenvalue weighted by molar-refractivity contribution is 9.11. The van der Waals surface area contributed by atoms with E-state index in [0.29, 0.717) is 5.57 Å². The molecule has 76 valence electrons. The second kappa shape index (κ2) is 5.32. The quantitative estimate of drug-likeness (QED) is 0.484. The summed E-state index contributed by atoms with van der Waals surface area (Å²) in [5.41, 5.74) is 4.64. The average molecular weight is 264 g/mol. The maximum atomic E-state index is 8.81. The van der Waals surface area contributed by atoms with Crippen LogP contribution in [-0.4, -0.2) is 6.72 Å². The molecule has 0 radical (unpaired) electrons. The van der Waals surface area contributed by atoms with Crippen molar-refractivity contribution in [3.8, 4) is 6.07 Å². The molecule has 0 amide bonds. The second-order valence-electron chi connectivity index (χ2n) is 2.88. The van der Waals surface area contributed by atoms with Gasteiger partial charge < -0.3 is 0 Å². The molecule has 0 aromatic heterocycles. The summed E-state index contributed by atoms with van der Waals surface area (Å²) in [5.74, 6) is 0. The van der Waals surface area contributed by atoms with Crippen molar-refractivity contribution < 1.29 is 0 Å². The highest BCUT2D eigenvalue weighted by Gasteiger charge is 2.10. The summed E-state index contributed by atoms with van der Waals surface area (Å²) >= 11 is 3.40. The molecule has 0 fully saturated rings. The van der Waals surface area contributed by atoms with Gasteiger partial charge in [-0.2, -0.15) is 10.4 Å². The standard InChI is InChI=1S/C11H10BrN3/c1-8(7-13)10-5-3-9(12)4-6-11(10)15-14-2/h4-6,15H,1-3H2. The lowest BCUT2D eigenvalue weighted by molar-refractivity contribution is 0.912. The number of rotatable bonds is 3. The van der Waals surface area contributed by atoms with Crippen molar-refractivity contribution in [2.45, 2.75) is 6.42 Å². The van der Waals surface area contributed by atoms with Crippen LogP contribution in [0.25, 0.3) is 0 Å². The first-order valence-electron chi connectivity index (χ1n) is 4.27. The summed E-state index contributed by atoms with van der Waals surface area (Å²) in [5, 5.41) is 12.4. The normalized spacial score (nSPS) is 15.1. The Hall–Kier alpha value is -1.60. The van der Waals surface area contributed by atoms with Crippen LogP contribution in [0.3, 0.4) is 0 Å². The Labute approximate surface area is 97.3 Å². The molecule has 0 spiro atoms. The largest absolute Gasteiger partial charge is 0.278 e. The lowest BCUT2D eigenvalue weighted by atomic mass is 10.1. The fraction of sp³-hybridized carbons (Fsp3) is 0.0909. The van der Waals surface area contributed by atoms with Gasteiger partial charge in [0.2, 0.25) is 0 Å². The Morgan fingerprint density at radius 1 is 1.60 bits per heavy atom. The summed E-state index contributed by atoms with van der Waals surface area (Å²) in [6, 6.07) is 2.02. The molecule has 15 heavy (non-hydrogen) atoms. The molecule has 0 saturated heterocycles. The van der Waals surface area contributed by atoms with E-state index in [-0.39, 0.29) is 0 Å². The first-order valence-corrected chi connectivity index (χ1v) is 5.06. The van der Waals surface area contributed by atoms with Gasteiger partial charge in [-0.15, -0.1) is 0 Å². The molecule has 1 N–H and O–H groups in total. The summed E-state index contributed by atoms with van der Waals surface area (Å²) < 4.78 is 1.03. The minimum absolute atomic E-state index is 0.410. The SMILES string of the molecule is C=NNC1=CC=C(Br)CC=C1C(=C)C#N. The molecule has 0 unspecified atom stereocenters. The monoisotopic (exact) mass is 263 g/mol. The molecule has 1 aliphatic rings. The summed E-state index contributed by atoms with van der Waals surface area (Å²) in [6.07, 6.45) is 6.39. The predicted octanol–water partition coefficient (Wildman–Crippen LogP) is 2.76. The molecule has 0 heterocycles. The zero-order chi connectivity index (χ0) is 11.3. The molecule has 4 heteroatoms. The van der Waals surface area contributed by atoms with E-state index in [0.717, 1.165) is 22.2 Å². The van der Waals surface area contributed by atoms with Crippen LogP contribution in [0.1, 0.15) is 6.42 Å². The third-order valence-electron chi connectivity index (χ3n) is 1.88. The number of allylic oxidation sites excluding steroid dienone is 5. The molecule has 0 aromatic carbocycles. The lowest BCUT2D eigenvalue weighted by Gasteiger charge is -2.07. The van der Waals surface area contributed by atoms with Gasteiger partial charge in [-0.1, -0.05) is 28.6 Å². The van der Waals surface area contributed by atoms with Gasteiger partial charge in [0, 0.05) is 12.3 Å². The number of nitriles is 1. The van der Waals surface area contributed by atoms with Crippen molar-refractivity contribution in [1.29, 1.82) is 5.26 Å². The summed E-state index contributed by atoms with van der Waals surface area (Å²) in [6.45, 7) is 7.04. The van der Waals surface area contributed by atoms with E-state index in [1.54, 1.807) is 0 Å². The fourth-order valence-electron chi connectivity index (χ4n) is 1.17. The molecular formula is C11H10BrN3. The minimum atomic E-state index is 0.410. The van der Waals surface area contributed by atoms with Gasteiger partial charge in [-0.25, -0.2) is 0 Å². The van der Waals surface area contributed by atoms with E-state index in [4.69, 9.17) is 5.26 Å². The molecule has 0 saturated carbocycles. The van der Waals surface area contributed by atoms with E-state index < -0.39 is 0 Å². The van der Waals surface area contributed by atoms with Gasteiger partial charge in [0.15, 0.2) is 0 Å². The maximum Gasteiger partial charge on any atom is 0.0992 e. The van der Waals surface area contributed by atoms with Gasteiger partial charge >= 0.3 is 0 Å². The molecule has 0 bridgehead atoms. The fourth-order valence-corrected chi connectivity index (χ4v) is 1.46. The molecule has 3 nitrogen and oxygen atoms in total. The van der Waals surface area contributed by atoms with Crippen molar-refractivity contribution in [3.63, 3.8) is 0 Å². The molecule has 1 aliphatic carbocycles. The number of nitrogens with zero attached hydrogens (tertiary/aromatic N) is 2. The molecule has 0 aliphatic heterocycles. The first-order chi connectivity index (χ1) is 7.19. The summed E-state index contributed by atoms with van der Waals surface area (Å²) in [4.78, 5) is 0. The van der Waals surface area contributed by atoms with Crippen molar-refractivity contribution in [1.82, 2.24) is 5.43 Å². The van der Waals surface area contributed by atoms with E-state index in [9.17, 15) is 0 Å². The smallest absolute Gasteiger partial charge is 0.0992 e. The van der Waals surface area contributed by atoms with Crippen LogP contribution < -0.4 is 5.43 Å². The van der Waals surface area contributed by atoms with Crippen molar-refractivity contribution in [2.24, 2.45) is 5.10 Å². The predicted molar refractivity (Wildman–Crippen MR) is 65.2 cm³/mol. The average Bonchev–Trinajstić information content (AvgIpc) is 2.41. The highest BCUT2D eigenvalue weighted by atomic mass is 79.9. The van der Waals surface area contributed by atoms with Gasteiger partial charge in [0.1, 0.15) is 0 Å². The van der Waals surface area contributed by atoms with Crippen LogP contribution in [0.4, 0.5) is 0 Å². The number of halogens is 1. The molecular weight excluding hydrogens is 254 g/mol. The van der Waals surface area contributed by atoms with Crippen LogP contribution in [0.2, 0.25) is 0 Å². The van der Waals surface area contributed by atoms with Crippen molar-refractivity contribution >= 4 is 22.6 Å². The van der Waals surface area contributed by atoms with Crippen LogP contribution in [0, 0.1) is 11.3 Å². The Morgan fingerprint density at radius 2 is 2.33 bits per heavy atom. The van der Waals surface area contributed by atoms with Gasteiger partial charge in [0.05, 0.1) is 17.3 Å². The Kier molecular flexibility index (Phi) is 4.07. The Bertz CT molecular complexity index is 422. The van der Waals surface area contributed by atoms with Crippen LogP contribution in [0.15, 0.2) is 51.2 Å². The third-order valence-corrected chi connectivity index (χ3v) is 2.47. The number of hydrazone groups is 1. The van der Waals surface area contributed by atoms with Gasteiger partial charge in [0.25, 0.3) is 0 Å². The Morgan fingerprint density at radius 3 is 2.93 bits per heavy atom. The first kappa shape index (κ1) is 11.5. The van der Waals surface area contributed by atoms with Gasteiger partial charge in [-0.3, -0.25) is 5.43 Å². The number of nitrogens with one attached hydrogen (secondary N) is 1. The number of hydrogen-bond acceptors (Lipinski definition) is 3. The topological polar surface area (TPSA) is 48.2 Å². The van der Waals surface area contributed by atoms with Crippen LogP contribution >= 0.6 is 15.9 Å². The maximum absolute atomic E-state index is 8.81. The minimum Gasteiger partial charge on any atom is -0.278 e. The zero-order valence-corrected chi connectivity index (χ0v) is 9.71. The second-order valence-corrected chi connectivity index (χ2v) is 3.89. The van der Waals surface area contributed by atoms with Crippen molar-refractivity contribution in [3.05, 3.63) is 46.1 Å². The molecule has 0 atom stereocenters. The third kappa shape index (κ3) is 2.93. The zero-order valence-electron chi connectivity index (χ0n) is 8.13.